The van der Waals surface area contributed by atoms with Crippen LogP contribution in [0.1, 0.15) is 52.4 Å². The van der Waals surface area contributed by atoms with E-state index >= 15 is 0 Å². The number of allylic oxidation sites excluding steroid dienone is 3. The monoisotopic (exact) mass is 226 g/mol. The third-order valence-corrected chi connectivity index (χ3v) is 4.34. The van der Waals surface area contributed by atoms with Gasteiger partial charge < -0.3 is 0 Å². The van der Waals surface area contributed by atoms with Crippen molar-refractivity contribution in [1.29, 1.82) is 0 Å². The van der Waals surface area contributed by atoms with E-state index < -0.39 is 6.08 Å². The van der Waals surface area contributed by atoms with Crippen LogP contribution in [-0.2, 0) is 0 Å². The second-order valence-corrected chi connectivity index (χ2v) is 5.58. The van der Waals surface area contributed by atoms with Crippen molar-refractivity contribution in [2.75, 3.05) is 0 Å². The molecule has 0 fully saturated rings. The summed E-state index contributed by atoms with van der Waals surface area (Å²) in [6.45, 7) is 4.33. The van der Waals surface area contributed by atoms with E-state index in [2.05, 4.69) is 19.9 Å². The molecule has 2 aliphatic rings. The van der Waals surface area contributed by atoms with Gasteiger partial charge in [0.15, 0.2) is 0 Å². The second-order valence-electron chi connectivity index (χ2n) is 5.58. The number of rotatable bonds is 1. The first-order chi connectivity index (χ1) is 7.53. The topological polar surface area (TPSA) is 0 Å². The lowest BCUT2D eigenvalue weighted by atomic mass is 9.67. The highest BCUT2D eigenvalue weighted by atomic mass is 19.3. The Balaban J connectivity index is 2.37. The van der Waals surface area contributed by atoms with E-state index in [0.717, 1.165) is 19.3 Å². The highest BCUT2D eigenvalue weighted by Crippen LogP contribution is 2.49. The van der Waals surface area contributed by atoms with Crippen LogP contribution in [0.15, 0.2) is 23.3 Å². The molecule has 0 aromatic heterocycles. The fraction of sp³-hybridized carbons (Fsp3) is 0.714. The van der Waals surface area contributed by atoms with E-state index in [9.17, 15) is 8.78 Å². The van der Waals surface area contributed by atoms with Crippen LogP contribution in [0.2, 0.25) is 0 Å². The van der Waals surface area contributed by atoms with E-state index in [1.54, 1.807) is 0 Å². The number of fused-ring (bicyclic) bond motifs is 1. The van der Waals surface area contributed by atoms with E-state index in [1.165, 1.54) is 12.0 Å². The average Bonchev–Trinajstić information content (AvgIpc) is 2.36. The molecule has 2 aliphatic carbocycles. The van der Waals surface area contributed by atoms with Gasteiger partial charge in [0.25, 0.3) is 6.08 Å². The molecule has 2 heteroatoms. The van der Waals surface area contributed by atoms with Crippen molar-refractivity contribution in [2.24, 2.45) is 11.3 Å². The molecule has 0 aromatic carbocycles. The van der Waals surface area contributed by atoms with Gasteiger partial charge in [-0.25, -0.2) is 0 Å². The van der Waals surface area contributed by atoms with Crippen molar-refractivity contribution in [2.45, 2.75) is 52.4 Å². The molecule has 0 saturated heterocycles. The normalized spacial score (nSPS) is 30.1. The Morgan fingerprint density at radius 2 is 2.00 bits per heavy atom. The third kappa shape index (κ3) is 2.07. The Bertz CT molecular complexity index is 335. The van der Waals surface area contributed by atoms with Gasteiger partial charge in [-0.3, -0.25) is 0 Å². The molecule has 1 atom stereocenters. The van der Waals surface area contributed by atoms with Crippen LogP contribution in [0.25, 0.3) is 0 Å². The molecule has 0 radical (unpaired) electrons. The summed E-state index contributed by atoms with van der Waals surface area (Å²) in [6, 6.07) is 0. The van der Waals surface area contributed by atoms with Crippen molar-refractivity contribution >= 4 is 0 Å². The van der Waals surface area contributed by atoms with Crippen LogP contribution in [-0.4, -0.2) is 0 Å². The van der Waals surface area contributed by atoms with Crippen LogP contribution in [0.3, 0.4) is 0 Å². The van der Waals surface area contributed by atoms with Gasteiger partial charge in [0.1, 0.15) is 0 Å². The molecule has 0 heterocycles. The Kier molecular flexibility index (Phi) is 3.18. The molecule has 90 valence electrons. The highest BCUT2D eigenvalue weighted by Gasteiger charge is 2.37. The van der Waals surface area contributed by atoms with E-state index in [0.29, 0.717) is 24.3 Å². The van der Waals surface area contributed by atoms with E-state index in [-0.39, 0.29) is 5.41 Å². The standard InChI is InChI=1S/C14H20F2/c1-10(2)14-7-3-4-11(8-14)5-6-12(9-14)13(15)16/h8,10H,3-7,9H2,1-2H3. The largest absolute Gasteiger partial charge is 0.269 e. The van der Waals surface area contributed by atoms with Gasteiger partial charge >= 0.3 is 0 Å². The molecule has 2 rings (SSSR count). The number of hydrogen-bond acceptors (Lipinski definition) is 0. The molecule has 16 heavy (non-hydrogen) atoms. The minimum Gasteiger partial charge on any atom is -0.173 e. The quantitative estimate of drug-likeness (QED) is 0.547. The molecule has 0 N–H and O–H groups in total. The fourth-order valence-electron chi connectivity index (χ4n) is 3.15. The summed E-state index contributed by atoms with van der Waals surface area (Å²) in [5.41, 5.74) is 1.83. The Morgan fingerprint density at radius 3 is 2.62 bits per heavy atom. The van der Waals surface area contributed by atoms with Crippen LogP contribution >= 0.6 is 0 Å². The van der Waals surface area contributed by atoms with Crippen molar-refractivity contribution in [3.8, 4) is 0 Å². The molecule has 0 aromatic rings. The summed E-state index contributed by atoms with van der Waals surface area (Å²) in [6.07, 6.45) is 6.27. The van der Waals surface area contributed by atoms with Crippen molar-refractivity contribution in [3.63, 3.8) is 0 Å². The van der Waals surface area contributed by atoms with Crippen LogP contribution in [0, 0.1) is 11.3 Å². The van der Waals surface area contributed by atoms with Crippen molar-refractivity contribution < 1.29 is 8.78 Å². The van der Waals surface area contributed by atoms with Crippen LogP contribution in [0.4, 0.5) is 8.78 Å². The van der Waals surface area contributed by atoms with E-state index in [1.807, 2.05) is 0 Å². The molecule has 0 saturated carbocycles. The smallest absolute Gasteiger partial charge is 0.173 e. The van der Waals surface area contributed by atoms with Crippen molar-refractivity contribution in [3.05, 3.63) is 23.3 Å². The molecule has 0 spiro atoms. The predicted molar refractivity (Wildman–Crippen MR) is 62.3 cm³/mol. The Labute approximate surface area is 96.4 Å². The molecule has 0 nitrogen and oxygen atoms in total. The molecule has 0 aliphatic heterocycles. The van der Waals surface area contributed by atoms with Gasteiger partial charge in [-0.05, 0) is 55.4 Å². The molecular formula is C14H20F2. The maximum absolute atomic E-state index is 12.8. The SMILES string of the molecule is CC(C)C12C=C(CCC1)CCC(=C(F)F)C2. The highest BCUT2D eigenvalue weighted by molar-refractivity contribution is 5.24. The van der Waals surface area contributed by atoms with Gasteiger partial charge in [0, 0.05) is 0 Å². The zero-order valence-electron chi connectivity index (χ0n) is 10.2. The molecule has 1 unspecified atom stereocenters. The summed E-state index contributed by atoms with van der Waals surface area (Å²) in [4.78, 5) is 0. The summed E-state index contributed by atoms with van der Waals surface area (Å²) in [5.74, 6) is 0.454. The number of hydrogen-bond donors (Lipinski definition) is 0. The van der Waals surface area contributed by atoms with Gasteiger partial charge in [0.05, 0.1) is 0 Å². The molecule has 2 bridgehead atoms. The summed E-state index contributed by atoms with van der Waals surface area (Å²) in [5, 5.41) is 0. The number of halogens is 2. The van der Waals surface area contributed by atoms with Gasteiger partial charge in [0.2, 0.25) is 0 Å². The first-order valence-corrected chi connectivity index (χ1v) is 6.27. The first kappa shape index (κ1) is 11.8. The van der Waals surface area contributed by atoms with Gasteiger partial charge in [-0.1, -0.05) is 25.5 Å². The fourth-order valence-corrected chi connectivity index (χ4v) is 3.15. The van der Waals surface area contributed by atoms with Gasteiger partial charge in [-0.15, -0.1) is 0 Å². The summed E-state index contributed by atoms with van der Waals surface area (Å²) in [7, 11) is 0. The Hall–Kier alpha value is -0.660. The van der Waals surface area contributed by atoms with Crippen LogP contribution in [0.5, 0.6) is 0 Å². The van der Waals surface area contributed by atoms with Crippen LogP contribution < -0.4 is 0 Å². The lowest BCUT2D eigenvalue weighted by Gasteiger charge is -2.38. The van der Waals surface area contributed by atoms with Gasteiger partial charge in [-0.2, -0.15) is 8.78 Å². The maximum atomic E-state index is 12.8. The Morgan fingerprint density at radius 1 is 1.25 bits per heavy atom. The zero-order chi connectivity index (χ0) is 11.8. The minimum absolute atomic E-state index is 0.0167. The third-order valence-electron chi connectivity index (χ3n) is 4.34. The zero-order valence-corrected chi connectivity index (χ0v) is 10.2. The van der Waals surface area contributed by atoms with E-state index in [4.69, 9.17) is 0 Å². The summed E-state index contributed by atoms with van der Waals surface area (Å²) >= 11 is 0. The van der Waals surface area contributed by atoms with Crippen molar-refractivity contribution in [1.82, 2.24) is 0 Å². The first-order valence-electron chi connectivity index (χ1n) is 6.27. The minimum atomic E-state index is -1.43. The predicted octanol–water partition coefficient (Wildman–Crippen LogP) is 5.07. The second kappa shape index (κ2) is 4.31. The molecule has 0 amide bonds. The lowest BCUT2D eigenvalue weighted by molar-refractivity contribution is 0.222. The average molecular weight is 226 g/mol. The lowest BCUT2D eigenvalue weighted by Crippen LogP contribution is -2.27. The molecular weight excluding hydrogens is 206 g/mol. The maximum Gasteiger partial charge on any atom is 0.269 e. The summed E-state index contributed by atoms with van der Waals surface area (Å²) < 4.78 is 25.7.